The number of nitrogens with one attached hydrogen (secondary N) is 1. The van der Waals surface area contributed by atoms with Crippen LogP contribution in [-0.2, 0) is 4.79 Å². The van der Waals surface area contributed by atoms with Crippen molar-refractivity contribution in [1.82, 2.24) is 4.90 Å². The van der Waals surface area contributed by atoms with Gasteiger partial charge in [0.15, 0.2) is 0 Å². The van der Waals surface area contributed by atoms with E-state index in [4.69, 9.17) is 0 Å². The maximum Gasteiger partial charge on any atom is 0.248 e. The highest BCUT2D eigenvalue weighted by Crippen LogP contribution is 2.24. The average molecular weight is 386 g/mol. The molecule has 0 aliphatic carbocycles. The van der Waals surface area contributed by atoms with Crippen LogP contribution in [0.25, 0.3) is 16.8 Å². The number of amides is 1. The third-order valence-corrected chi connectivity index (χ3v) is 5.63. The molecule has 1 aliphatic rings. The first-order chi connectivity index (χ1) is 14.1. The second-order valence-electron chi connectivity index (χ2n) is 7.79. The molecule has 3 aromatic rings. The van der Waals surface area contributed by atoms with Crippen LogP contribution in [-0.4, -0.2) is 44.0 Å². The van der Waals surface area contributed by atoms with Crippen molar-refractivity contribution in [3.05, 3.63) is 78.4 Å². The Balaban J connectivity index is 1.39. The van der Waals surface area contributed by atoms with Crippen molar-refractivity contribution in [2.75, 3.05) is 37.4 Å². The van der Waals surface area contributed by atoms with Gasteiger partial charge in [0.2, 0.25) is 5.91 Å². The van der Waals surface area contributed by atoms with Gasteiger partial charge in [-0.15, -0.1) is 0 Å². The average Bonchev–Trinajstić information content (AvgIpc) is 3.23. The fourth-order valence-electron chi connectivity index (χ4n) is 3.90. The minimum atomic E-state index is -0.125. The van der Waals surface area contributed by atoms with E-state index in [9.17, 15) is 4.79 Å². The number of rotatable bonds is 5. The summed E-state index contributed by atoms with van der Waals surface area (Å²) < 4.78 is 0. The van der Waals surface area contributed by atoms with Gasteiger partial charge in [-0.05, 0) is 67.2 Å². The fraction of sp³-hybridized carbons (Fsp3) is 0.240. The summed E-state index contributed by atoms with van der Waals surface area (Å²) in [4.78, 5) is 17.1. The quantitative estimate of drug-likeness (QED) is 0.651. The van der Waals surface area contributed by atoms with E-state index in [-0.39, 0.29) is 5.91 Å². The smallest absolute Gasteiger partial charge is 0.248 e. The number of carbonyl (C=O) groups is 1. The van der Waals surface area contributed by atoms with Crippen LogP contribution in [0, 0.1) is 0 Å². The molecule has 0 radical (unpaired) electrons. The van der Waals surface area contributed by atoms with Crippen molar-refractivity contribution in [3.8, 4) is 0 Å². The molecule has 29 heavy (non-hydrogen) atoms. The molecule has 3 aromatic carbocycles. The summed E-state index contributed by atoms with van der Waals surface area (Å²) in [6.07, 6.45) is 4.65. The van der Waals surface area contributed by atoms with Gasteiger partial charge >= 0.3 is 0 Å². The highest BCUT2D eigenvalue weighted by atomic mass is 16.1. The third-order valence-electron chi connectivity index (χ3n) is 5.63. The highest BCUT2D eigenvalue weighted by Gasteiger charge is 2.23. The summed E-state index contributed by atoms with van der Waals surface area (Å²) in [6.45, 7) is 2.12. The summed E-state index contributed by atoms with van der Waals surface area (Å²) in [6, 6.07) is 23.0. The normalized spacial score (nSPS) is 16.8. The standard InChI is InChI=1S/C25H27N3O/c1-27(2)23-16-17-28(18-23)22-13-11-21(12-14-22)26-25(29)15-10-20-8-5-7-19-6-3-4-9-24(19)20/h3-15,23H,16-18H2,1-2H3,(H,26,29). The van der Waals surface area contributed by atoms with E-state index in [0.717, 1.165) is 29.7 Å². The van der Waals surface area contributed by atoms with E-state index >= 15 is 0 Å². The molecular formula is C25H27N3O. The maximum atomic E-state index is 12.4. The van der Waals surface area contributed by atoms with Crippen LogP contribution >= 0.6 is 0 Å². The summed E-state index contributed by atoms with van der Waals surface area (Å²) in [5, 5.41) is 5.27. The SMILES string of the molecule is CN(C)C1CCN(c2ccc(NC(=O)C=Cc3cccc4ccccc34)cc2)C1. The topological polar surface area (TPSA) is 35.6 Å². The van der Waals surface area contributed by atoms with E-state index < -0.39 is 0 Å². The molecule has 4 rings (SSSR count). The van der Waals surface area contributed by atoms with Gasteiger partial charge < -0.3 is 15.1 Å². The van der Waals surface area contributed by atoms with E-state index in [2.05, 4.69) is 59.5 Å². The van der Waals surface area contributed by atoms with Crippen LogP contribution < -0.4 is 10.2 Å². The Morgan fingerprint density at radius 2 is 1.79 bits per heavy atom. The molecule has 1 amide bonds. The molecule has 1 heterocycles. The zero-order valence-electron chi connectivity index (χ0n) is 17.0. The summed E-state index contributed by atoms with van der Waals surface area (Å²) in [7, 11) is 4.27. The summed E-state index contributed by atoms with van der Waals surface area (Å²) in [5.74, 6) is -0.125. The molecule has 4 nitrogen and oxygen atoms in total. The first kappa shape index (κ1) is 19.2. The van der Waals surface area contributed by atoms with Crippen LogP contribution in [0.5, 0.6) is 0 Å². The van der Waals surface area contributed by atoms with Gasteiger partial charge in [0.1, 0.15) is 0 Å². The Labute approximate surface area is 172 Å². The number of likely N-dealkylation sites (N-methyl/N-ethyl adjacent to an activating group) is 1. The van der Waals surface area contributed by atoms with Crippen molar-refractivity contribution in [3.63, 3.8) is 0 Å². The monoisotopic (exact) mass is 385 g/mol. The van der Waals surface area contributed by atoms with Gasteiger partial charge in [-0.2, -0.15) is 0 Å². The Kier molecular flexibility index (Phi) is 5.63. The van der Waals surface area contributed by atoms with E-state index in [1.165, 1.54) is 17.5 Å². The molecule has 1 atom stereocenters. The largest absolute Gasteiger partial charge is 0.370 e. The van der Waals surface area contributed by atoms with Crippen LogP contribution in [0.15, 0.2) is 72.8 Å². The van der Waals surface area contributed by atoms with Crippen LogP contribution in [0.1, 0.15) is 12.0 Å². The van der Waals surface area contributed by atoms with Gasteiger partial charge in [0.25, 0.3) is 0 Å². The molecule has 0 saturated carbocycles. The number of hydrogen-bond acceptors (Lipinski definition) is 3. The van der Waals surface area contributed by atoms with E-state index in [1.807, 2.05) is 42.5 Å². The lowest BCUT2D eigenvalue weighted by Gasteiger charge is -2.22. The highest BCUT2D eigenvalue weighted by molar-refractivity contribution is 6.03. The minimum Gasteiger partial charge on any atom is -0.370 e. The molecule has 1 saturated heterocycles. The molecule has 0 aromatic heterocycles. The van der Waals surface area contributed by atoms with E-state index in [0.29, 0.717) is 6.04 Å². The maximum absolute atomic E-state index is 12.4. The van der Waals surface area contributed by atoms with Gasteiger partial charge in [-0.1, -0.05) is 42.5 Å². The van der Waals surface area contributed by atoms with E-state index in [1.54, 1.807) is 6.08 Å². The number of hydrogen-bond donors (Lipinski definition) is 1. The Bertz CT molecular complexity index is 1020. The lowest BCUT2D eigenvalue weighted by molar-refractivity contribution is -0.111. The molecule has 0 spiro atoms. The summed E-state index contributed by atoms with van der Waals surface area (Å²) >= 11 is 0. The molecule has 0 bridgehead atoms. The molecule has 1 aliphatic heterocycles. The van der Waals surface area contributed by atoms with Crippen molar-refractivity contribution in [2.24, 2.45) is 0 Å². The lowest BCUT2D eigenvalue weighted by Crippen LogP contribution is -2.31. The van der Waals surface area contributed by atoms with Crippen molar-refractivity contribution in [1.29, 1.82) is 0 Å². The van der Waals surface area contributed by atoms with Gasteiger partial charge in [-0.25, -0.2) is 0 Å². The minimum absolute atomic E-state index is 0.125. The molecule has 1 N–H and O–H groups in total. The van der Waals surface area contributed by atoms with Gasteiger partial charge in [-0.3, -0.25) is 4.79 Å². The number of fused-ring (bicyclic) bond motifs is 1. The Morgan fingerprint density at radius 3 is 2.55 bits per heavy atom. The molecular weight excluding hydrogens is 358 g/mol. The number of nitrogens with zero attached hydrogens (tertiary/aromatic N) is 2. The molecule has 4 heteroatoms. The molecule has 148 valence electrons. The summed E-state index contributed by atoms with van der Waals surface area (Å²) in [5.41, 5.74) is 3.06. The Morgan fingerprint density at radius 1 is 1.03 bits per heavy atom. The van der Waals surface area contributed by atoms with Gasteiger partial charge in [0.05, 0.1) is 0 Å². The second-order valence-corrected chi connectivity index (χ2v) is 7.79. The molecule has 1 fully saturated rings. The number of benzene rings is 3. The van der Waals surface area contributed by atoms with Crippen molar-refractivity contribution in [2.45, 2.75) is 12.5 Å². The predicted molar refractivity (Wildman–Crippen MR) is 122 cm³/mol. The van der Waals surface area contributed by atoms with Crippen LogP contribution in [0.4, 0.5) is 11.4 Å². The predicted octanol–water partition coefficient (Wildman–Crippen LogP) is 4.63. The number of anilines is 2. The lowest BCUT2D eigenvalue weighted by atomic mass is 10.0. The van der Waals surface area contributed by atoms with Crippen LogP contribution in [0.3, 0.4) is 0 Å². The fourth-order valence-corrected chi connectivity index (χ4v) is 3.90. The number of carbonyl (C=O) groups excluding carboxylic acids is 1. The first-order valence-corrected chi connectivity index (χ1v) is 10.1. The Hall–Kier alpha value is -3.11. The first-order valence-electron chi connectivity index (χ1n) is 10.1. The van der Waals surface area contributed by atoms with Gasteiger partial charge in [0, 0.05) is 36.6 Å². The zero-order valence-corrected chi connectivity index (χ0v) is 17.0. The van der Waals surface area contributed by atoms with Crippen molar-refractivity contribution >= 4 is 34.1 Å². The zero-order chi connectivity index (χ0) is 20.2. The second kappa shape index (κ2) is 8.50. The third kappa shape index (κ3) is 4.49. The van der Waals surface area contributed by atoms with Crippen molar-refractivity contribution < 1.29 is 4.79 Å². The molecule has 1 unspecified atom stereocenters. The van der Waals surface area contributed by atoms with Crippen LogP contribution in [0.2, 0.25) is 0 Å².